The summed E-state index contributed by atoms with van der Waals surface area (Å²) < 4.78 is 37.9. The Morgan fingerprint density at radius 1 is 1.10 bits per heavy atom. The number of hydrogen-bond acceptors (Lipinski definition) is 3. The van der Waals surface area contributed by atoms with E-state index < -0.39 is 12.7 Å². The Kier molecular flexibility index (Phi) is 10.3. The van der Waals surface area contributed by atoms with Gasteiger partial charge in [-0.05, 0) is 38.7 Å². The van der Waals surface area contributed by atoms with Gasteiger partial charge in [-0.2, -0.15) is 13.2 Å². The first kappa shape index (κ1) is 26.2. The quantitative estimate of drug-likeness (QED) is 0.319. The van der Waals surface area contributed by atoms with Gasteiger partial charge in [-0.1, -0.05) is 30.3 Å². The van der Waals surface area contributed by atoms with Crippen LogP contribution in [0.2, 0.25) is 0 Å². The lowest BCUT2D eigenvalue weighted by Gasteiger charge is -2.38. The fraction of sp³-hybridized carbons (Fsp3) is 0.682. The van der Waals surface area contributed by atoms with Gasteiger partial charge in [0.15, 0.2) is 5.96 Å². The van der Waals surface area contributed by atoms with E-state index in [4.69, 9.17) is 0 Å². The zero-order valence-electron chi connectivity index (χ0n) is 18.4. The molecule has 0 spiro atoms. The van der Waals surface area contributed by atoms with Crippen molar-refractivity contribution < 1.29 is 13.2 Å². The van der Waals surface area contributed by atoms with Crippen LogP contribution < -0.4 is 10.6 Å². The molecule has 2 fully saturated rings. The summed E-state index contributed by atoms with van der Waals surface area (Å²) in [6.07, 6.45) is -1.40. The summed E-state index contributed by atoms with van der Waals surface area (Å²) in [6.45, 7) is 6.86. The van der Waals surface area contributed by atoms with Crippen LogP contribution in [0.5, 0.6) is 0 Å². The fourth-order valence-electron chi connectivity index (χ4n) is 4.43. The summed E-state index contributed by atoms with van der Waals surface area (Å²) in [5.41, 5.74) is 1.33. The molecule has 5 nitrogen and oxygen atoms in total. The van der Waals surface area contributed by atoms with E-state index in [-0.39, 0.29) is 30.0 Å². The molecule has 0 aliphatic carbocycles. The van der Waals surface area contributed by atoms with E-state index in [2.05, 4.69) is 51.7 Å². The Morgan fingerprint density at radius 2 is 1.77 bits per heavy atom. The molecule has 9 heteroatoms. The molecule has 2 N–H and O–H groups in total. The van der Waals surface area contributed by atoms with E-state index >= 15 is 0 Å². The highest BCUT2D eigenvalue weighted by molar-refractivity contribution is 14.0. The van der Waals surface area contributed by atoms with E-state index in [1.807, 2.05) is 13.0 Å². The third-order valence-electron chi connectivity index (χ3n) is 5.92. The third kappa shape index (κ3) is 8.76. The molecule has 0 bridgehead atoms. The molecule has 0 aromatic heterocycles. The third-order valence-corrected chi connectivity index (χ3v) is 5.92. The van der Waals surface area contributed by atoms with Crippen molar-refractivity contribution in [1.82, 2.24) is 20.4 Å². The number of aliphatic imine (C=N–C) groups is 1. The van der Waals surface area contributed by atoms with Crippen molar-refractivity contribution in [2.75, 3.05) is 32.7 Å². The van der Waals surface area contributed by atoms with Crippen molar-refractivity contribution in [3.8, 4) is 0 Å². The highest BCUT2D eigenvalue weighted by Crippen LogP contribution is 2.21. The molecule has 3 rings (SSSR count). The number of likely N-dealkylation sites (tertiary alicyclic amines) is 2. The molecule has 1 aromatic rings. The Hall–Kier alpha value is -1.07. The minimum Gasteiger partial charge on any atom is -0.354 e. The van der Waals surface area contributed by atoms with Crippen molar-refractivity contribution in [2.45, 2.75) is 64.0 Å². The van der Waals surface area contributed by atoms with Crippen molar-refractivity contribution in [1.29, 1.82) is 0 Å². The van der Waals surface area contributed by atoms with Gasteiger partial charge in [0, 0.05) is 50.8 Å². The molecule has 1 aromatic carbocycles. The lowest BCUT2D eigenvalue weighted by atomic mass is 9.97. The van der Waals surface area contributed by atoms with Gasteiger partial charge in [-0.15, -0.1) is 24.0 Å². The van der Waals surface area contributed by atoms with Crippen molar-refractivity contribution in [3.05, 3.63) is 35.9 Å². The summed E-state index contributed by atoms with van der Waals surface area (Å²) in [4.78, 5) is 8.50. The predicted molar refractivity (Wildman–Crippen MR) is 130 cm³/mol. The minimum absolute atomic E-state index is 0. The summed E-state index contributed by atoms with van der Waals surface area (Å²) in [7, 11) is 0. The molecular weight excluding hydrogens is 518 g/mol. The van der Waals surface area contributed by atoms with Crippen LogP contribution in [0.1, 0.15) is 38.7 Å². The molecule has 3 atom stereocenters. The monoisotopic (exact) mass is 553 g/mol. The number of guanidine groups is 1. The first-order valence-corrected chi connectivity index (χ1v) is 11.0. The van der Waals surface area contributed by atoms with Crippen molar-refractivity contribution in [2.24, 2.45) is 4.99 Å². The van der Waals surface area contributed by atoms with Crippen LogP contribution in [-0.2, 0) is 6.54 Å². The van der Waals surface area contributed by atoms with Crippen LogP contribution in [0.4, 0.5) is 13.2 Å². The minimum atomic E-state index is -4.14. The van der Waals surface area contributed by atoms with Crippen molar-refractivity contribution >= 4 is 29.9 Å². The van der Waals surface area contributed by atoms with Crippen LogP contribution >= 0.6 is 24.0 Å². The maximum Gasteiger partial charge on any atom is 0.401 e. The van der Waals surface area contributed by atoms with Gasteiger partial charge in [0.1, 0.15) is 0 Å². The molecule has 2 heterocycles. The molecule has 0 saturated carbocycles. The average molecular weight is 553 g/mol. The smallest absolute Gasteiger partial charge is 0.354 e. The van der Waals surface area contributed by atoms with E-state index in [9.17, 15) is 13.2 Å². The van der Waals surface area contributed by atoms with Gasteiger partial charge in [-0.3, -0.25) is 14.8 Å². The molecular formula is C22H35F3IN5. The van der Waals surface area contributed by atoms with Gasteiger partial charge in [-0.25, -0.2) is 0 Å². The maximum atomic E-state index is 12.6. The van der Waals surface area contributed by atoms with Crippen LogP contribution in [0.3, 0.4) is 0 Å². The second kappa shape index (κ2) is 12.2. The van der Waals surface area contributed by atoms with Crippen LogP contribution in [0.25, 0.3) is 0 Å². The SMILES string of the molecule is CCN=C(NC1CCN(Cc2ccccc2)C(C)C1)NC1CCN(CC(F)(F)F)C1.I. The Balaban J connectivity index is 0.00000341. The number of alkyl halides is 3. The number of hydrogen-bond donors (Lipinski definition) is 2. The number of nitrogens with zero attached hydrogens (tertiary/aromatic N) is 3. The Morgan fingerprint density at radius 3 is 2.42 bits per heavy atom. The Labute approximate surface area is 200 Å². The highest BCUT2D eigenvalue weighted by atomic mass is 127. The van der Waals surface area contributed by atoms with Crippen LogP contribution in [0.15, 0.2) is 35.3 Å². The standard InChI is InChI=1S/C22H34F3N5.HI/c1-3-26-21(28-20-9-11-29(15-20)16-22(23,24)25)27-19-10-12-30(17(2)13-19)14-18-7-5-4-6-8-18;/h4-8,17,19-20H,3,9-16H2,1-2H3,(H2,26,27,28);1H. The molecule has 2 aliphatic heterocycles. The average Bonchev–Trinajstić information content (AvgIpc) is 3.10. The van der Waals surface area contributed by atoms with Gasteiger partial charge in [0.05, 0.1) is 6.54 Å². The second-order valence-corrected chi connectivity index (χ2v) is 8.47. The lowest BCUT2D eigenvalue weighted by molar-refractivity contribution is -0.143. The van der Waals surface area contributed by atoms with Gasteiger partial charge in [0.2, 0.25) is 0 Å². The van der Waals surface area contributed by atoms with E-state index in [1.54, 1.807) is 0 Å². The largest absolute Gasteiger partial charge is 0.401 e. The summed E-state index contributed by atoms with van der Waals surface area (Å²) in [5.74, 6) is 0.727. The maximum absolute atomic E-state index is 12.6. The topological polar surface area (TPSA) is 42.9 Å². The Bertz CT molecular complexity index is 685. The van der Waals surface area contributed by atoms with E-state index in [0.717, 1.165) is 31.9 Å². The predicted octanol–water partition coefficient (Wildman–Crippen LogP) is 3.85. The van der Waals surface area contributed by atoms with Gasteiger partial charge >= 0.3 is 6.18 Å². The summed E-state index contributed by atoms with van der Waals surface area (Å²) in [5, 5.41) is 6.90. The summed E-state index contributed by atoms with van der Waals surface area (Å²) >= 11 is 0. The van der Waals surface area contributed by atoms with Crippen molar-refractivity contribution in [3.63, 3.8) is 0 Å². The molecule has 0 amide bonds. The first-order chi connectivity index (χ1) is 14.3. The molecule has 31 heavy (non-hydrogen) atoms. The highest BCUT2D eigenvalue weighted by Gasteiger charge is 2.35. The first-order valence-electron chi connectivity index (χ1n) is 11.0. The zero-order valence-corrected chi connectivity index (χ0v) is 20.7. The number of rotatable bonds is 6. The molecule has 0 radical (unpaired) electrons. The molecule has 176 valence electrons. The molecule has 2 aliphatic rings. The van der Waals surface area contributed by atoms with Gasteiger partial charge < -0.3 is 10.6 Å². The zero-order chi connectivity index (χ0) is 21.6. The van der Waals surface area contributed by atoms with Gasteiger partial charge in [0.25, 0.3) is 0 Å². The van der Waals surface area contributed by atoms with Crippen LogP contribution in [-0.4, -0.2) is 72.8 Å². The lowest BCUT2D eigenvalue weighted by Crippen LogP contribution is -2.53. The van der Waals surface area contributed by atoms with E-state index in [1.165, 1.54) is 10.5 Å². The molecule has 3 unspecified atom stereocenters. The summed E-state index contributed by atoms with van der Waals surface area (Å²) in [6, 6.07) is 11.3. The number of benzene rings is 1. The fourth-order valence-corrected chi connectivity index (χ4v) is 4.43. The number of halogens is 4. The molecule has 2 saturated heterocycles. The second-order valence-electron chi connectivity index (χ2n) is 8.47. The number of piperidine rings is 1. The van der Waals surface area contributed by atoms with E-state index in [0.29, 0.717) is 38.1 Å². The van der Waals surface area contributed by atoms with Crippen LogP contribution in [0, 0.1) is 0 Å². The normalized spacial score (nSPS) is 25.8. The number of nitrogens with one attached hydrogen (secondary N) is 2.